The Balaban J connectivity index is 2.25. The number of rotatable bonds is 5. The molecule has 1 saturated heterocycles. The molecule has 1 atom stereocenters. The van der Waals surface area contributed by atoms with Crippen LogP contribution in [0.2, 0.25) is 0 Å². The maximum Gasteiger partial charge on any atom is 0.243 e. The van der Waals surface area contributed by atoms with Gasteiger partial charge in [0.25, 0.3) is 0 Å². The van der Waals surface area contributed by atoms with Crippen molar-refractivity contribution in [3.05, 3.63) is 28.0 Å². The summed E-state index contributed by atoms with van der Waals surface area (Å²) in [4.78, 5) is -0.437. The molecule has 0 amide bonds. The molecule has 2 rings (SSSR count). The van der Waals surface area contributed by atoms with Crippen molar-refractivity contribution < 1.29 is 17.9 Å². The van der Waals surface area contributed by atoms with E-state index in [1.807, 2.05) is 6.92 Å². The molecule has 1 aromatic rings. The Labute approximate surface area is 136 Å². The zero-order chi connectivity index (χ0) is 15.7. The van der Waals surface area contributed by atoms with Gasteiger partial charge in [0, 0.05) is 21.3 Å². The number of hydrogen-bond donors (Lipinski definition) is 2. The summed E-state index contributed by atoms with van der Waals surface area (Å²) >= 11 is 4.86. The molecule has 0 aliphatic carbocycles. The average molecular weight is 398 g/mol. The van der Waals surface area contributed by atoms with Gasteiger partial charge in [-0.05, 0) is 37.7 Å². The normalized spacial score (nSPS) is 22.7. The molecule has 0 bridgehead atoms. The number of benzene rings is 1. The fourth-order valence-electron chi connectivity index (χ4n) is 2.23. The number of thioether (sulfide) groups is 1. The van der Waals surface area contributed by atoms with Crippen LogP contribution in [0.15, 0.2) is 21.5 Å². The second-order valence-corrected chi connectivity index (χ2v) is 9.60. The summed E-state index contributed by atoms with van der Waals surface area (Å²) in [5.74, 6) is 0.107. The summed E-state index contributed by atoms with van der Waals surface area (Å²) < 4.78 is 41.5. The van der Waals surface area contributed by atoms with Gasteiger partial charge in [-0.1, -0.05) is 15.9 Å². The molecule has 1 heterocycles. The molecule has 0 aromatic heterocycles. The van der Waals surface area contributed by atoms with E-state index >= 15 is 0 Å². The van der Waals surface area contributed by atoms with Crippen molar-refractivity contribution in [1.82, 2.24) is 4.72 Å². The molecular weight excluding hydrogens is 381 g/mol. The third kappa shape index (κ3) is 3.98. The van der Waals surface area contributed by atoms with E-state index in [-0.39, 0.29) is 16.9 Å². The first-order chi connectivity index (χ1) is 9.77. The Morgan fingerprint density at radius 1 is 1.52 bits per heavy atom. The van der Waals surface area contributed by atoms with Gasteiger partial charge in [-0.2, -0.15) is 11.8 Å². The van der Waals surface area contributed by atoms with E-state index in [4.69, 9.17) is 5.11 Å². The van der Waals surface area contributed by atoms with E-state index in [2.05, 4.69) is 20.7 Å². The molecule has 4 nitrogen and oxygen atoms in total. The van der Waals surface area contributed by atoms with Crippen LogP contribution >= 0.6 is 27.7 Å². The lowest BCUT2D eigenvalue weighted by Crippen LogP contribution is -2.37. The van der Waals surface area contributed by atoms with Gasteiger partial charge in [0.05, 0.1) is 6.61 Å². The van der Waals surface area contributed by atoms with Crippen LogP contribution < -0.4 is 4.72 Å². The van der Waals surface area contributed by atoms with Crippen LogP contribution in [0.5, 0.6) is 0 Å². The molecule has 8 heteroatoms. The first-order valence-electron chi connectivity index (χ1n) is 6.50. The van der Waals surface area contributed by atoms with Crippen molar-refractivity contribution in [1.29, 1.82) is 0 Å². The highest BCUT2D eigenvalue weighted by atomic mass is 79.9. The lowest BCUT2D eigenvalue weighted by Gasteiger charge is -2.23. The smallest absolute Gasteiger partial charge is 0.243 e. The molecule has 0 radical (unpaired) electrons. The molecule has 1 fully saturated rings. The van der Waals surface area contributed by atoms with Gasteiger partial charge in [0.15, 0.2) is 0 Å². The van der Waals surface area contributed by atoms with Crippen molar-refractivity contribution >= 4 is 37.7 Å². The zero-order valence-electron chi connectivity index (χ0n) is 11.5. The predicted octanol–water partition coefficient (Wildman–Crippen LogP) is 2.64. The minimum absolute atomic E-state index is 0.0498. The van der Waals surface area contributed by atoms with E-state index in [1.54, 1.807) is 11.8 Å². The number of hydrogen-bond acceptors (Lipinski definition) is 4. The summed E-state index contributed by atoms with van der Waals surface area (Å²) in [6.45, 7) is 1.71. The van der Waals surface area contributed by atoms with Crippen LogP contribution in [0.4, 0.5) is 4.39 Å². The average Bonchev–Trinajstić information content (AvgIpc) is 2.86. The van der Waals surface area contributed by atoms with E-state index in [0.717, 1.165) is 18.6 Å². The van der Waals surface area contributed by atoms with Gasteiger partial charge < -0.3 is 5.11 Å². The van der Waals surface area contributed by atoms with Gasteiger partial charge in [-0.15, -0.1) is 0 Å². The van der Waals surface area contributed by atoms with Crippen molar-refractivity contribution in [3.8, 4) is 0 Å². The molecule has 2 N–H and O–H groups in total. The summed E-state index contributed by atoms with van der Waals surface area (Å²) in [5.41, 5.74) is -0.0498. The van der Waals surface area contributed by atoms with Crippen molar-refractivity contribution in [3.63, 3.8) is 0 Å². The van der Waals surface area contributed by atoms with Gasteiger partial charge in [-0.25, -0.2) is 17.5 Å². The van der Waals surface area contributed by atoms with Gasteiger partial charge in [0.2, 0.25) is 10.0 Å². The Morgan fingerprint density at radius 3 is 2.81 bits per heavy atom. The van der Waals surface area contributed by atoms with Crippen molar-refractivity contribution in [2.24, 2.45) is 0 Å². The maximum atomic E-state index is 14.1. The second-order valence-electron chi connectivity index (χ2n) is 5.26. The molecule has 0 spiro atoms. The Kier molecular flexibility index (Phi) is 5.36. The number of aliphatic hydroxyl groups is 1. The highest BCUT2D eigenvalue weighted by Crippen LogP contribution is 2.37. The standard InChI is InChI=1S/C13H17BrFNO3S2/c1-13(3-2-4-20-13)8-16-21(18,19)11-6-10(14)5-9(7-17)12(11)15/h5-6,16-17H,2-4,7-8H2,1H3. The highest BCUT2D eigenvalue weighted by Gasteiger charge is 2.32. The molecule has 118 valence electrons. The SMILES string of the molecule is CC1(CNS(=O)(=O)c2cc(Br)cc(CO)c2F)CCCS1. The number of halogens is 2. The van der Waals surface area contributed by atoms with Crippen molar-refractivity contribution in [2.45, 2.75) is 36.0 Å². The fraction of sp³-hybridized carbons (Fsp3) is 0.538. The fourth-order valence-corrected chi connectivity index (χ4v) is 5.54. The number of sulfonamides is 1. The Morgan fingerprint density at radius 2 is 2.24 bits per heavy atom. The first kappa shape index (κ1) is 17.2. The monoisotopic (exact) mass is 397 g/mol. The molecule has 1 aromatic carbocycles. The number of nitrogens with one attached hydrogen (secondary N) is 1. The largest absolute Gasteiger partial charge is 0.392 e. The first-order valence-corrected chi connectivity index (χ1v) is 9.76. The third-order valence-corrected chi connectivity index (χ3v) is 6.87. The lowest BCUT2D eigenvalue weighted by atomic mass is 10.1. The maximum absolute atomic E-state index is 14.1. The predicted molar refractivity (Wildman–Crippen MR) is 85.3 cm³/mol. The number of aliphatic hydroxyl groups excluding tert-OH is 1. The van der Waals surface area contributed by atoms with E-state index in [9.17, 15) is 12.8 Å². The van der Waals surface area contributed by atoms with Gasteiger partial charge in [0.1, 0.15) is 10.7 Å². The molecule has 0 saturated carbocycles. The molecule has 1 aliphatic heterocycles. The van der Waals surface area contributed by atoms with Gasteiger partial charge in [-0.3, -0.25) is 0 Å². The van der Waals surface area contributed by atoms with Crippen LogP contribution in [0, 0.1) is 5.82 Å². The molecule has 1 unspecified atom stereocenters. The molecule has 1 aliphatic rings. The van der Waals surface area contributed by atoms with Crippen LogP contribution in [-0.2, 0) is 16.6 Å². The lowest BCUT2D eigenvalue weighted by molar-refractivity contribution is 0.274. The van der Waals surface area contributed by atoms with E-state index in [0.29, 0.717) is 4.47 Å². The van der Waals surface area contributed by atoms with Crippen LogP contribution in [0.25, 0.3) is 0 Å². The zero-order valence-corrected chi connectivity index (χ0v) is 14.7. The van der Waals surface area contributed by atoms with Crippen molar-refractivity contribution in [2.75, 3.05) is 12.3 Å². The highest BCUT2D eigenvalue weighted by molar-refractivity contribution is 9.10. The van der Waals surface area contributed by atoms with E-state index in [1.165, 1.54) is 12.1 Å². The van der Waals surface area contributed by atoms with Crippen LogP contribution in [-0.4, -0.2) is 30.6 Å². The molecular formula is C13H17BrFNO3S2. The topological polar surface area (TPSA) is 66.4 Å². The summed E-state index contributed by atoms with van der Waals surface area (Å²) in [6.07, 6.45) is 1.99. The van der Waals surface area contributed by atoms with Gasteiger partial charge >= 0.3 is 0 Å². The summed E-state index contributed by atoms with van der Waals surface area (Å²) in [7, 11) is -3.95. The quantitative estimate of drug-likeness (QED) is 0.801. The Hall–Kier alpha value is -0.150. The molecule has 21 heavy (non-hydrogen) atoms. The van der Waals surface area contributed by atoms with Crippen LogP contribution in [0.3, 0.4) is 0 Å². The summed E-state index contributed by atoms with van der Waals surface area (Å²) in [6, 6.07) is 2.57. The van der Waals surface area contributed by atoms with Crippen LogP contribution in [0.1, 0.15) is 25.3 Å². The second kappa shape index (κ2) is 6.54. The Bertz CT molecular complexity index is 631. The third-order valence-electron chi connectivity index (χ3n) is 3.48. The van der Waals surface area contributed by atoms with E-state index < -0.39 is 27.3 Å². The summed E-state index contributed by atoms with van der Waals surface area (Å²) in [5, 5.41) is 9.10. The minimum atomic E-state index is -3.95. The minimum Gasteiger partial charge on any atom is -0.392 e.